The van der Waals surface area contributed by atoms with Crippen LogP contribution in [0, 0.1) is 5.92 Å². The summed E-state index contributed by atoms with van der Waals surface area (Å²) in [5.41, 5.74) is 0. The molecule has 0 aliphatic carbocycles. The SMILES string of the molecule is CCC(CC)CNc1ncns1. The van der Waals surface area contributed by atoms with Gasteiger partial charge >= 0.3 is 0 Å². The molecule has 0 bridgehead atoms. The van der Waals surface area contributed by atoms with Crippen molar-refractivity contribution in [3.05, 3.63) is 6.33 Å². The Morgan fingerprint density at radius 3 is 2.75 bits per heavy atom. The summed E-state index contributed by atoms with van der Waals surface area (Å²) in [6, 6.07) is 0. The van der Waals surface area contributed by atoms with Crippen LogP contribution in [-0.4, -0.2) is 15.9 Å². The molecule has 0 radical (unpaired) electrons. The number of anilines is 1. The molecule has 0 saturated carbocycles. The van der Waals surface area contributed by atoms with Crippen molar-refractivity contribution < 1.29 is 0 Å². The number of nitrogens with one attached hydrogen (secondary N) is 1. The summed E-state index contributed by atoms with van der Waals surface area (Å²) in [6.07, 6.45) is 4.03. The standard InChI is InChI=1S/C8H15N3S/c1-3-7(4-2)5-9-8-10-6-11-12-8/h6-7H,3-5H2,1-2H3,(H,9,10,11). The van der Waals surface area contributed by atoms with Crippen LogP contribution in [0.5, 0.6) is 0 Å². The molecule has 3 nitrogen and oxygen atoms in total. The summed E-state index contributed by atoms with van der Waals surface area (Å²) < 4.78 is 3.92. The smallest absolute Gasteiger partial charge is 0.202 e. The summed E-state index contributed by atoms with van der Waals surface area (Å²) in [5, 5.41) is 4.20. The molecule has 0 aliphatic heterocycles. The molecule has 1 aromatic heterocycles. The molecular formula is C8H15N3S. The molecule has 0 aliphatic rings. The maximum atomic E-state index is 4.05. The van der Waals surface area contributed by atoms with E-state index in [1.165, 1.54) is 24.4 Å². The van der Waals surface area contributed by atoms with E-state index in [0.717, 1.165) is 17.6 Å². The molecule has 68 valence electrons. The van der Waals surface area contributed by atoms with E-state index in [1.807, 2.05) is 0 Å². The summed E-state index contributed by atoms with van der Waals surface area (Å²) in [6.45, 7) is 5.45. The molecule has 4 heteroatoms. The molecule has 0 spiro atoms. The van der Waals surface area contributed by atoms with Crippen LogP contribution in [-0.2, 0) is 0 Å². The van der Waals surface area contributed by atoms with Crippen LogP contribution >= 0.6 is 11.5 Å². The van der Waals surface area contributed by atoms with Gasteiger partial charge in [-0.1, -0.05) is 26.7 Å². The number of hydrogen-bond acceptors (Lipinski definition) is 4. The largest absolute Gasteiger partial charge is 0.360 e. The lowest BCUT2D eigenvalue weighted by Gasteiger charge is -2.11. The Hall–Kier alpha value is -0.640. The zero-order chi connectivity index (χ0) is 8.81. The van der Waals surface area contributed by atoms with E-state index in [0.29, 0.717) is 0 Å². The highest BCUT2D eigenvalue weighted by Crippen LogP contribution is 2.11. The lowest BCUT2D eigenvalue weighted by atomic mass is 10.0. The van der Waals surface area contributed by atoms with E-state index in [4.69, 9.17) is 0 Å². The van der Waals surface area contributed by atoms with Gasteiger partial charge in [0.2, 0.25) is 5.13 Å². The first-order chi connectivity index (χ1) is 5.86. The van der Waals surface area contributed by atoms with Gasteiger partial charge in [-0.25, -0.2) is 4.98 Å². The van der Waals surface area contributed by atoms with Crippen LogP contribution < -0.4 is 5.32 Å². The molecular weight excluding hydrogens is 170 g/mol. The van der Waals surface area contributed by atoms with Gasteiger partial charge in [0.05, 0.1) is 0 Å². The highest BCUT2D eigenvalue weighted by molar-refractivity contribution is 7.09. The molecule has 1 heterocycles. The summed E-state index contributed by atoms with van der Waals surface area (Å²) in [5.74, 6) is 0.758. The van der Waals surface area contributed by atoms with Gasteiger partial charge in [-0.15, -0.1) is 0 Å². The third-order valence-electron chi connectivity index (χ3n) is 2.06. The normalized spacial score (nSPS) is 10.6. The van der Waals surface area contributed by atoms with E-state index in [2.05, 4.69) is 28.5 Å². The zero-order valence-corrected chi connectivity index (χ0v) is 8.40. The highest BCUT2D eigenvalue weighted by Gasteiger charge is 2.03. The van der Waals surface area contributed by atoms with Crippen LogP contribution in [0.3, 0.4) is 0 Å². The Morgan fingerprint density at radius 2 is 2.25 bits per heavy atom. The van der Waals surface area contributed by atoms with Crippen molar-refractivity contribution in [1.29, 1.82) is 0 Å². The van der Waals surface area contributed by atoms with Gasteiger partial charge in [-0.05, 0) is 5.92 Å². The maximum Gasteiger partial charge on any atom is 0.202 e. The highest BCUT2D eigenvalue weighted by atomic mass is 32.1. The minimum Gasteiger partial charge on any atom is -0.360 e. The molecule has 0 fully saturated rings. The molecule has 1 aromatic rings. The van der Waals surface area contributed by atoms with E-state index in [9.17, 15) is 0 Å². The van der Waals surface area contributed by atoms with Crippen LogP contribution in [0.2, 0.25) is 0 Å². The topological polar surface area (TPSA) is 37.8 Å². The van der Waals surface area contributed by atoms with Crippen LogP contribution in [0.25, 0.3) is 0 Å². The van der Waals surface area contributed by atoms with Crippen LogP contribution in [0.15, 0.2) is 6.33 Å². The van der Waals surface area contributed by atoms with Gasteiger partial charge in [0, 0.05) is 18.1 Å². The number of aromatic nitrogens is 2. The molecule has 0 amide bonds. The van der Waals surface area contributed by atoms with E-state index < -0.39 is 0 Å². The predicted octanol–water partition coefficient (Wildman–Crippen LogP) is 2.39. The van der Waals surface area contributed by atoms with Gasteiger partial charge in [0.25, 0.3) is 0 Å². The predicted molar refractivity (Wildman–Crippen MR) is 52.5 cm³/mol. The minimum atomic E-state index is 0.758. The summed E-state index contributed by atoms with van der Waals surface area (Å²) in [7, 11) is 0. The fraction of sp³-hybridized carbons (Fsp3) is 0.750. The number of nitrogens with zero attached hydrogens (tertiary/aromatic N) is 2. The molecule has 0 atom stereocenters. The maximum absolute atomic E-state index is 4.05. The van der Waals surface area contributed by atoms with E-state index in [-0.39, 0.29) is 0 Å². The van der Waals surface area contributed by atoms with Crippen molar-refractivity contribution in [2.24, 2.45) is 5.92 Å². The van der Waals surface area contributed by atoms with Crippen molar-refractivity contribution in [2.75, 3.05) is 11.9 Å². The summed E-state index contributed by atoms with van der Waals surface area (Å²) >= 11 is 1.41. The van der Waals surface area contributed by atoms with Gasteiger partial charge in [0.1, 0.15) is 6.33 Å². The first kappa shape index (κ1) is 9.45. The first-order valence-electron chi connectivity index (χ1n) is 4.37. The average molecular weight is 185 g/mol. The Morgan fingerprint density at radius 1 is 1.50 bits per heavy atom. The lowest BCUT2D eigenvalue weighted by molar-refractivity contribution is 0.519. The second-order valence-corrected chi connectivity index (χ2v) is 3.59. The molecule has 0 aromatic carbocycles. The summed E-state index contributed by atoms with van der Waals surface area (Å²) in [4.78, 5) is 4.05. The van der Waals surface area contributed by atoms with Gasteiger partial charge in [-0.2, -0.15) is 4.37 Å². The third kappa shape index (κ3) is 2.77. The monoisotopic (exact) mass is 185 g/mol. The average Bonchev–Trinajstić information content (AvgIpc) is 2.59. The number of hydrogen-bond donors (Lipinski definition) is 1. The van der Waals surface area contributed by atoms with E-state index >= 15 is 0 Å². The Bertz CT molecular complexity index is 194. The van der Waals surface area contributed by atoms with Crippen LogP contribution in [0.4, 0.5) is 5.13 Å². The van der Waals surface area contributed by atoms with Crippen molar-refractivity contribution in [3.8, 4) is 0 Å². The van der Waals surface area contributed by atoms with Gasteiger partial charge < -0.3 is 5.32 Å². The fourth-order valence-corrected chi connectivity index (χ4v) is 1.50. The minimum absolute atomic E-state index is 0.758. The molecule has 0 unspecified atom stereocenters. The third-order valence-corrected chi connectivity index (χ3v) is 2.68. The zero-order valence-electron chi connectivity index (χ0n) is 7.58. The second kappa shape index (κ2) is 5.09. The Kier molecular flexibility index (Phi) is 4.00. The van der Waals surface area contributed by atoms with Crippen molar-refractivity contribution in [1.82, 2.24) is 9.36 Å². The Balaban J connectivity index is 2.25. The first-order valence-corrected chi connectivity index (χ1v) is 5.14. The second-order valence-electron chi connectivity index (χ2n) is 2.81. The van der Waals surface area contributed by atoms with Gasteiger partial charge in [-0.3, -0.25) is 0 Å². The van der Waals surface area contributed by atoms with Crippen molar-refractivity contribution in [3.63, 3.8) is 0 Å². The number of rotatable bonds is 5. The molecule has 1 rings (SSSR count). The van der Waals surface area contributed by atoms with Crippen molar-refractivity contribution in [2.45, 2.75) is 26.7 Å². The van der Waals surface area contributed by atoms with Gasteiger partial charge in [0.15, 0.2) is 0 Å². The van der Waals surface area contributed by atoms with E-state index in [1.54, 1.807) is 6.33 Å². The van der Waals surface area contributed by atoms with Crippen molar-refractivity contribution >= 4 is 16.7 Å². The lowest BCUT2D eigenvalue weighted by Crippen LogP contribution is -2.12. The Labute approximate surface area is 77.4 Å². The fourth-order valence-electron chi connectivity index (χ4n) is 1.06. The molecule has 12 heavy (non-hydrogen) atoms. The quantitative estimate of drug-likeness (QED) is 0.765. The van der Waals surface area contributed by atoms with Crippen LogP contribution in [0.1, 0.15) is 26.7 Å². The molecule has 1 N–H and O–H groups in total. The molecule has 0 saturated heterocycles.